The summed E-state index contributed by atoms with van der Waals surface area (Å²) in [6.45, 7) is 1.34. The van der Waals surface area contributed by atoms with Gasteiger partial charge in [0, 0.05) is 24.6 Å². The van der Waals surface area contributed by atoms with E-state index in [-0.39, 0.29) is 0 Å². The van der Waals surface area contributed by atoms with Crippen molar-refractivity contribution in [3.8, 4) is 0 Å². The second-order valence-corrected chi connectivity index (χ2v) is 6.12. The summed E-state index contributed by atoms with van der Waals surface area (Å²) in [7, 11) is 0. The molecule has 0 bridgehead atoms. The number of aliphatic imine (C=N–C) groups is 1. The van der Waals surface area contributed by atoms with E-state index < -0.39 is 34.0 Å². The predicted molar refractivity (Wildman–Crippen MR) is 80.5 cm³/mol. The molecule has 0 unspecified atom stereocenters. The molecule has 4 nitrogen and oxygen atoms in total. The van der Waals surface area contributed by atoms with Crippen LogP contribution in [0.2, 0.25) is 5.02 Å². The van der Waals surface area contributed by atoms with E-state index in [9.17, 15) is 18.0 Å². The zero-order chi connectivity index (χ0) is 16.3. The van der Waals surface area contributed by atoms with E-state index in [1.807, 2.05) is 0 Å². The van der Waals surface area contributed by atoms with Gasteiger partial charge < -0.3 is 10.0 Å². The molecule has 1 fully saturated rings. The minimum absolute atomic E-state index is 0.406. The zero-order valence-electron chi connectivity index (χ0n) is 11.2. The molecule has 1 heterocycles. The van der Waals surface area contributed by atoms with Crippen molar-refractivity contribution in [3.63, 3.8) is 0 Å². The first-order valence-corrected chi connectivity index (χ1v) is 7.83. The van der Waals surface area contributed by atoms with E-state index in [2.05, 4.69) is 4.99 Å². The Morgan fingerprint density at radius 3 is 2.55 bits per heavy atom. The molecule has 0 radical (unpaired) electrons. The van der Waals surface area contributed by atoms with Gasteiger partial charge in [-0.3, -0.25) is 0 Å². The number of hydrogen-bond acceptors (Lipinski definition) is 3. The van der Waals surface area contributed by atoms with Gasteiger partial charge in [-0.25, -0.2) is 9.79 Å². The van der Waals surface area contributed by atoms with Crippen LogP contribution < -0.4 is 0 Å². The van der Waals surface area contributed by atoms with Crippen molar-refractivity contribution in [2.75, 3.05) is 24.6 Å². The number of carboxylic acid groups (broad SMARTS) is 1. The molecule has 9 heteroatoms. The molecule has 1 N–H and O–H groups in total. The maximum absolute atomic E-state index is 13.0. The molecule has 1 aromatic rings. The molecule has 1 saturated heterocycles. The van der Waals surface area contributed by atoms with Crippen molar-refractivity contribution in [1.82, 2.24) is 4.90 Å². The summed E-state index contributed by atoms with van der Waals surface area (Å²) in [6, 6.07) is 1.53. The van der Waals surface area contributed by atoms with Crippen molar-refractivity contribution in [2.45, 2.75) is 6.18 Å². The molecule has 2 rings (SSSR count). The number of thioether (sulfide) groups is 1. The Kier molecular flexibility index (Phi) is 5.23. The Morgan fingerprint density at radius 1 is 1.36 bits per heavy atom. The van der Waals surface area contributed by atoms with Crippen LogP contribution in [0.15, 0.2) is 17.1 Å². The monoisotopic (exact) mass is 352 g/mol. The normalized spacial score (nSPS) is 16.3. The summed E-state index contributed by atoms with van der Waals surface area (Å²) in [5.74, 6) is 0.326. The van der Waals surface area contributed by atoms with Crippen molar-refractivity contribution < 1.29 is 23.1 Å². The molecular formula is C13H12ClF3N2O2S. The highest BCUT2D eigenvalue weighted by Crippen LogP contribution is 2.41. The molecule has 1 aromatic carbocycles. The SMILES string of the molecule is O=C(O)c1ccc(C(F)(F)F)c(/N=C/N2CCSCC2)c1Cl. The number of rotatable bonds is 3. The smallest absolute Gasteiger partial charge is 0.418 e. The molecule has 0 amide bonds. The third-order valence-corrected chi connectivity index (χ3v) is 4.37. The molecule has 22 heavy (non-hydrogen) atoms. The van der Waals surface area contributed by atoms with Gasteiger partial charge in [0.25, 0.3) is 0 Å². The van der Waals surface area contributed by atoms with E-state index in [4.69, 9.17) is 16.7 Å². The lowest BCUT2D eigenvalue weighted by molar-refractivity contribution is -0.137. The third kappa shape index (κ3) is 3.86. The van der Waals surface area contributed by atoms with Gasteiger partial charge in [0.15, 0.2) is 0 Å². The minimum atomic E-state index is -4.66. The predicted octanol–water partition coefficient (Wildman–Crippen LogP) is 3.77. The fourth-order valence-electron chi connectivity index (χ4n) is 1.92. The number of carbonyl (C=O) groups is 1. The Morgan fingerprint density at radius 2 is 2.00 bits per heavy atom. The topological polar surface area (TPSA) is 52.9 Å². The number of hydrogen-bond donors (Lipinski definition) is 1. The highest BCUT2D eigenvalue weighted by molar-refractivity contribution is 7.99. The van der Waals surface area contributed by atoms with E-state index in [0.717, 1.165) is 17.6 Å². The quantitative estimate of drug-likeness (QED) is 0.664. The second kappa shape index (κ2) is 6.78. The van der Waals surface area contributed by atoms with Gasteiger partial charge in [0.2, 0.25) is 0 Å². The summed E-state index contributed by atoms with van der Waals surface area (Å²) in [4.78, 5) is 16.6. The number of aromatic carboxylic acids is 1. The van der Waals surface area contributed by atoms with Gasteiger partial charge in [-0.15, -0.1) is 0 Å². The summed E-state index contributed by atoms with van der Waals surface area (Å²) < 4.78 is 39.1. The number of halogens is 4. The van der Waals surface area contributed by atoms with Crippen molar-refractivity contribution in [2.24, 2.45) is 4.99 Å². The van der Waals surface area contributed by atoms with Gasteiger partial charge in [-0.05, 0) is 12.1 Å². The Hall–Kier alpha value is -1.41. The number of alkyl halides is 3. The Labute approximate surface area is 134 Å². The molecule has 0 aromatic heterocycles. The highest BCUT2D eigenvalue weighted by atomic mass is 35.5. The van der Waals surface area contributed by atoms with Crippen LogP contribution in [-0.2, 0) is 6.18 Å². The van der Waals surface area contributed by atoms with Crippen LogP contribution in [0, 0.1) is 0 Å². The highest BCUT2D eigenvalue weighted by Gasteiger charge is 2.35. The standard InChI is InChI=1S/C13H12ClF3N2O2S/c14-10-8(12(20)21)1-2-9(13(15,16)17)11(10)18-7-19-3-5-22-6-4-19/h1-2,7H,3-6H2,(H,20,21)/b18-7+. The van der Waals surface area contributed by atoms with Gasteiger partial charge in [-0.1, -0.05) is 11.6 Å². The van der Waals surface area contributed by atoms with Gasteiger partial charge >= 0.3 is 12.1 Å². The number of nitrogens with zero attached hydrogens (tertiary/aromatic N) is 2. The summed E-state index contributed by atoms with van der Waals surface area (Å²) >= 11 is 7.57. The molecule has 0 spiro atoms. The molecule has 1 aliphatic heterocycles. The molecule has 0 aliphatic carbocycles. The lowest BCUT2D eigenvalue weighted by Crippen LogP contribution is -2.31. The van der Waals surface area contributed by atoms with Crippen molar-refractivity contribution >= 4 is 41.4 Å². The lowest BCUT2D eigenvalue weighted by atomic mass is 10.1. The van der Waals surface area contributed by atoms with Gasteiger partial charge in [-0.2, -0.15) is 24.9 Å². The van der Waals surface area contributed by atoms with Gasteiger partial charge in [0.05, 0.1) is 28.2 Å². The van der Waals surface area contributed by atoms with Crippen LogP contribution >= 0.6 is 23.4 Å². The van der Waals surface area contributed by atoms with Gasteiger partial charge in [0.1, 0.15) is 0 Å². The first-order chi connectivity index (χ1) is 10.3. The first-order valence-electron chi connectivity index (χ1n) is 6.29. The number of benzene rings is 1. The third-order valence-electron chi connectivity index (χ3n) is 3.05. The lowest BCUT2D eigenvalue weighted by Gasteiger charge is -2.23. The fourth-order valence-corrected chi connectivity index (χ4v) is 3.14. The average molecular weight is 353 g/mol. The molecule has 0 atom stereocenters. The molecule has 0 saturated carbocycles. The maximum atomic E-state index is 13.0. The van der Waals surface area contributed by atoms with Crippen molar-refractivity contribution in [1.29, 1.82) is 0 Å². The molecule has 120 valence electrons. The summed E-state index contributed by atoms with van der Waals surface area (Å²) in [6.07, 6.45) is -3.37. The maximum Gasteiger partial charge on any atom is 0.418 e. The average Bonchev–Trinajstić information content (AvgIpc) is 2.45. The van der Waals surface area contributed by atoms with Crippen LogP contribution in [0.3, 0.4) is 0 Å². The Balaban J connectivity index is 2.43. The van der Waals surface area contributed by atoms with E-state index in [1.165, 1.54) is 6.34 Å². The second-order valence-electron chi connectivity index (χ2n) is 4.52. The van der Waals surface area contributed by atoms with Crippen LogP contribution in [-0.4, -0.2) is 46.9 Å². The number of carboxylic acids is 1. The summed E-state index contributed by atoms with van der Waals surface area (Å²) in [5.41, 5.74) is -2.02. The summed E-state index contributed by atoms with van der Waals surface area (Å²) in [5, 5.41) is 8.46. The van der Waals surface area contributed by atoms with Crippen LogP contribution in [0.25, 0.3) is 0 Å². The minimum Gasteiger partial charge on any atom is -0.478 e. The van der Waals surface area contributed by atoms with E-state index in [1.54, 1.807) is 16.7 Å². The molecular weight excluding hydrogens is 341 g/mol. The fraction of sp³-hybridized carbons (Fsp3) is 0.385. The first kappa shape index (κ1) is 17.0. The Bertz CT molecular complexity index is 602. The zero-order valence-corrected chi connectivity index (χ0v) is 12.8. The van der Waals surface area contributed by atoms with Crippen LogP contribution in [0.5, 0.6) is 0 Å². The van der Waals surface area contributed by atoms with Crippen LogP contribution in [0.1, 0.15) is 15.9 Å². The largest absolute Gasteiger partial charge is 0.478 e. The molecule has 1 aliphatic rings. The van der Waals surface area contributed by atoms with Crippen molar-refractivity contribution in [3.05, 3.63) is 28.3 Å². The van der Waals surface area contributed by atoms with E-state index in [0.29, 0.717) is 19.2 Å². The van der Waals surface area contributed by atoms with Crippen LogP contribution in [0.4, 0.5) is 18.9 Å². The van der Waals surface area contributed by atoms with E-state index >= 15 is 0 Å².